The first-order valence-electron chi connectivity index (χ1n) is 7.36. The van der Waals surface area contributed by atoms with E-state index in [-0.39, 0.29) is 37.0 Å². The SMILES string of the molecule is C/C=C\C(=O)Nc1ccc(S(=O)(=O)N2CCN(C(=O)O)CC2)cc1. The number of carbonyl (C=O) groups is 2. The number of carboxylic acid groups (broad SMARTS) is 1. The van der Waals surface area contributed by atoms with E-state index < -0.39 is 16.1 Å². The minimum absolute atomic E-state index is 0.107. The number of piperazine rings is 1. The van der Waals surface area contributed by atoms with Crippen LogP contribution < -0.4 is 5.32 Å². The third kappa shape index (κ3) is 4.12. The first kappa shape index (κ1) is 18.0. The van der Waals surface area contributed by atoms with Gasteiger partial charge in [-0.25, -0.2) is 13.2 Å². The van der Waals surface area contributed by atoms with Gasteiger partial charge in [0, 0.05) is 31.9 Å². The molecule has 24 heavy (non-hydrogen) atoms. The van der Waals surface area contributed by atoms with Gasteiger partial charge in [-0.2, -0.15) is 4.31 Å². The zero-order valence-electron chi connectivity index (χ0n) is 13.2. The number of nitrogens with one attached hydrogen (secondary N) is 1. The molecule has 0 aliphatic carbocycles. The van der Waals surface area contributed by atoms with Crippen molar-refractivity contribution in [3.05, 3.63) is 36.4 Å². The lowest BCUT2D eigenvalue weighted by molar-refractivity contribution is -0.111. The van der Waals surface area contributed by atoms with E-state index in [0.717, 1.165) is 0 Å². The molecule has 1 aromatic carbocycles. The third-order valence-corrected chi connectivity index (χ3v) is 5.50. The summed E-state index contributed by atoms with van der Waals surface area (Å²) in [4.78, 5) is 23.6. The first-order valence-corrected chi connectivity index (χ1v) is 8.80. The molecule has 9 heteroatoms. The van der Waals surface area contributed by atoms with Crippen LogP contribution in [0.5, 0.6) is 0 Å². The summed E-state index contributed by atoms with van der Waals surface area (Å²) in [6, 6.07) is 5.87. The van der Waals surface area contributed by atoms with Crippen molar-refractivity contribution in [1.82, 2.24) is 9.21 Å². The summed E-state index contributed by atoms with van der Waals surface area (Å²) in [6.45, 7) is 2.25. The highest BCUT2D eigenvalue weighted by atomic mass is 32.2. The van der Waals surface area contributed by atoms with Crippen LogP contribution in [0.25, 0.3) is 0 Å². The van der Waals surface area contributed by atoms with Gasteiger partial charge in [-0.05, 0) is 37.3 Å². The van der Waals surface area contributed by atoms with Crippen molar-refractivity contribution in [2.75, 3.05) is 31.5 Å². The molecular weight excluding hydrogens is 334 g/mol. The second kappa shape index (κ2) is 7.45. The fraction of sp³-hybridized carbons (Fsp3) is 0.333. The number of amides is 2. The minimum atomic E-state index is -3.68. The van der Waals surface area contributed by atoms with Gasteiger partial charge in [0.1, 0.15) is 0 Å². The molecule has 0 atom stereocenters. The van der Waals surface area contributed by atoms with Crippen molar-refractivity contribution in [2.45, 2.75) is 11.8 Å². The molecule has 2 N–H and O–H groups in total. The van der Waals surface area contributed by atoms with Crippen molar-refractivity contribution >= 4 is 27.7 Å². The summed E-state index contributed by atoms with van der Waals surface area (Å²) >= 11 is 0. The van der Waals surface area contributed by atoms with Crippen LogP contribution in [0, 0.1) is 0 Å². The molecule has 8 nitrogen and oxygen atoms in total. The summed E-state index contributed by atoms with van der Waals surface area (Å²) < 4.78 is 26.4. The van der Waals surface area contributed by atoms with E-state index in [1.54, 1.807) is 13.0 Å². The number of hydrogen-bond donors (Lipinski definition) is 2. The zero-order chi connectivity index (χ0) is 17.7. The molecule has 0 bridgehead atoms. The number of allylic oxidation sites excluding steroid dienone is 1. The van der Waals surface area contributed by atoms with Gasteiger partial charge in [-0.15, -0.1) is 0 Å². The van der Waals surface area contributed by atoms with Gasteiger partial charge in [0.05, 0.1) is 4.90 Å². The molecule has 0 spiro atoms. The molecule has 0 saturated carbocycles. The zero-order valence-corrected chi connectivity index (χ0v) is 14.0. The average molecular weight is 353 g/mol. The van der Waals surface area contributed by atoms with Gasteiger partial charge in [0.25, 0.3) is 0 Å². The van der Waals surface area contributed by atoms with Crippen molar-refractivity contribution < 1.29 is 23.1 Å². The Balaban J connectivity index is 2.07. The van der Waals surface area contributed by atoms with E-state index in [4.69, 9.17) is 5.11 Å². The lowest BCUT2D eigenvalue weighted by Crippen LogP contribution is -2.50. The summed E-state index contributed by atoms with van der Waals surface area (Å²) in [7, 11) is -3.68. The van der Waals surface area contributed by atoms with Crippen LogP contribution in [0.2, 0.25) is 0 Å². The molecule has 1 aliphatic rings. The van der Waals surface area contributed by atoms with Gasteiger partial charge in [-0.1, -0.05) is 6.08 Å². The van der Waals surface area contributed by atoms with Crippen LogP contribution in [0.3, 0.4) is 0 Å². The Hall–Kier alpha value is -2.39. The van der Waals surface area contributed by atoms with Crippen LogP contribution >= 0.6 is 0 Å². The highest BCUT2D eigenvalue weighted by Crippen LogP contribution is 2.20. The Morgan fingerprint density at radius 1 is 1.12 bits per heavy atom. The largest absolute Gasteiger partial charge is 0.465 e. The molecule has 130 valence electrons. The highest BCUT2D eigenvalue weighted by Gasteiger charge is 2.29. The quantitative estimate of drug-likeness (QED) is 0.791. The summed E-state index contributed by atoms with van der Waals surface area (Å²) in [6.07, 6.45) is 1.92. The molecule has 0 unspecified atom stereocenters. The van der Waals surface area contributed by atoms with Crippen LogP contribution in [-0.4, -0.2) is 60.9 Å². The molecule has 2 amide bonds. The van der Waals surface area contributed by atoms with Crippen molar-refractivity contribution in [3.63, 3.8) is 0 Å². The molecule has 1 aromatic rings. The minimum Gasteiger partial charge on any atom is -0.465 e. The van der Waals surface area contributed by atoms with E-state index >= 15 is 0 Å². The van der Waals surface area contributed by atoms with Crippen LogP contribution in [0.1, 0.15) is 6.92 Å². The number of carbonyl (C=O) groups excluding carboxylic acids is 1. The van der Waals surface area contributed by atoms with Gasteiger partial charge < -0.3 is 15.3 Å². The number of rotatable bonds is 4. The molecule has 0 radical (unpaired) electrons. The van der Waals surface area contributed by atoms with E-state index in [1.807, 2.05) is 0 Å². The monoisotopic (exact) mass is 353 g/mol. The van der Waals surface area contributed by atoms with E-state index in [1.165, 1.54) is 39.5 Å². The molecule has 1 aliphatic heterocycles. The standard InChI is InChI=1S/C15H19N3O5S/c1-2-3-14(19)16-12-4-6-13(7-5-12)24(22,23)18-10-8-17(9-11-18)15(20)21/h2-7H,8-11H2,1H3,(H,16,19)(H,20,21)/b3-2-. The Morgan fingerprint density at radius 2 is 1.71 bits per heavy atom. The number of benzene rings is 1. The maximum atomic E-state index is 12.6. The lowest BCUT2D eigenvalue weighted by Gasteiger charge is -2.32. The number of hydrogen-bond acceptors (Lipinski definition) is 4. The van der Waals surface area contributed by atoms with Crippen molar-refractivity contribution in [2.24, 2.45) is 0 Å². The normalized spacial score (nSPS) is 16.3. The van der Waals surface area contributed by atoms with E-state index in [2.05, 4.69) is 5.32 Å². The second-order valence-corrected chi connectivity index (χ2v) is 7.13. The van der Waals surface area contributed by atoms with Gasteiger partial charge in [0.15, 0.2) is 0 Å². The molecule has 1 fully saturated rings. The van der Waals surface area contributed by atoms with Crippen LogP contribution in [-0.2, 0) is 14.8 Å². The lowest BCUT2D eigenvalue weighted by atomic mass is 10.3. The molecule has 1 saturated heterocycles. The van der Waals surface area contributed by atoms with E-state index in [0.29, 0.717) is 5.69 Å². The Labute approximate surface area is 140 Å². The third-order valence-electron chi connectivity index (χ3n) is 3.59. The van der Waals surface area contributed by atoms with Crippen molar-refractivity contribution in [3.8, 4) is 0 Å². The van der Waals surface area contributed by atoms with Crippen LogP contribution in [0.4, 0.5) is 10.5 Å². The van der Waals surface area contributed by atoms with Crippen LogP contribution in [0.15, 0.2) is 41.3 Å². The number of nitrogens with zero attached hydrogens (tertiary/aromatic N) is 2. The highest BCUT2D eigenvalue weighted by molar-refractivity contribution is 7.89. The summed E-state index contributed by atoms with van der Waals surface area (Å²) in [5.74, 6) is -0.294. The second-order valence-electron chi connectivity index (χ2n) is 5.19. The molecule has 1 heterocycles. The Morgan fingerprint density at radius 3 is 2.21 bits per heavy atom. The Bertz CT molecular complexity index is 735. The van der Waals surface area contributed by atoms with Gasteiger partial charge >= 0.3 is 6.09 Å². The van der Waals surface area contributed by atoms with Gasteiger partial charge in [-0.3, -0.25) is 4.79 Å². The van der Waals surface area contributed by atoms with Gasteiger partial charge in [0.2, 0.25) is 15.9 Å². The maximum absolute atomic E-state index is 12.6. The maximum Gasteiger partial charge on any atom is 0.407 e. The first-order chi connectivity index (χ1) is 11.3. The Kier molecular flexibility index (Phi) is 5.58. The molecule has 2 rings (SSSR count). The summed E-state index contributed by atoms with van der Waals surface area (Å²) in [5, 5.41) is 11.5. The molecule has 0 aromatic heterocycles. The predicted molar refractivity (Wildman–Crippen MR) is 88.2 cm³/mol. The number of sulfonamides is 1. The molecular formula is C15H19N3O5S. The number of anilines is 1. The van der Waals surface area contributed by atoms with E-state index in [9.17, 15) is 18.0 Å². The summed E-state index contributed by atoms with van der Waals surface area (Å²) in [5.41, 5.74) is 0.493. The fourth-order valence-electron chi connectivity index (χ4n) is 2.31. The average Bonchev–Trinajstić information content (AvgIpc) is 2.55. The fourth-order valence-corrected chi connectivity index (χ4v) is 3.74. The predicted octanol–water partition coefficient (Wildman–Crippen LogP) is 1.19. The van der Waals surface area contributed by atoms with Crippen molar-refractivity contribution in [1.29, 1.82) is 0 Å². The topological polar surface area (TPSA) is 107 Å². The smallest absolute Gasteiger partial charge is 0.407 e.